The normalized spacial score (nSPS) is 20.1. The average molecular weight is 311 g/mol. The van der Waals surface area contributed by atoms with Crippen LogP contribution in [-0.2, 0) is 19.7 Å². The highest BCUT2D eigenvalue weighted by atomic mass is 16.7. The van der Waals surface area contributed by atoms with Gasteiger partial charge in [-0.05, 0) is 32.0 Å². The van der Waals surface area contributed by atoms with Gasteiger partial charge in [0.2, 0.25) is 5.91 Å². The summed E-state index contributed by atoms with van der Waals surface area (Å²) in [5, 5.41) is 0. The number of fused-ring (bicyclic) bond motifs is 1. The van der Waals surface area contributed by atoms with Crippen molar-refractivity contribution in [3.8, 4) is 0 Å². The van der Waals surface area contributed by atoms with Crippen molar-refractivity contribution in [3.63, 3.8) is 0 Å². The fourth-order valence-electron chi connectivity index (χ4n) is 3.05. The first-order valence-corrected chi connectivity index (χ1v) is 7.57. The van der Waals surface area contributed by atoms with Gasteiger partial charge in [-0.25, -0.2) is 0 Å². The second kappa shape index (κ2) is 5.11. The Balaban J connectivity index is 1.79. The molecule has 2 aromatic heterocycles. The lowest BCUT2D eigenvalue weighted by Gasteiger charge is -2.21. The van der Waals surface area contributed by atoms with Gasteiger partial charge in [0.25, 0.3) is 0 Å². The number of carbonyl (C=O) groups is 1. The molecule has 0 spiro atoms. The lowest BCUT2D eigenvalue weighted by Crippen LogP contribution is -2.33. The van der Waals surface area contributed by atoms with E-state index in [4.69, 9.17) is 9.47 Å². The van der Waals surface area contributed by atoms with Gasteiger partial charge in [-0.3, -0.25) is 19.7 Å². The highest BCUT2D eigenvalue weighted by Crippen LogP contribution is 2.44. The van der Waals surface area contributed by atoms with Gasteiger partial charge in [-0.2, -0.15) is 0 Å². The van der Waals surface area contributed by atoms with Crippen LogP contribution in [-0.4, -0.2) is 29.1 Å². The number of anilines is 2. The summed E-state index contributed by atoms with van der Waals surface area (Å²) in [6, 6.07) is 5.63. The Labute approximate surface area is 134 Å². The third kappa shape index (κ3) is 2.14. The maximum Gasteiger partial charge on any atom is 0.243 e. The molecule has 0 radical (unpaired) electrons. The monoisotopic (exact) mass is 311 g/mol. The third-order valence-corrected chi connectivity index (χ3v) is 4.25. The first-order valence-electron chi connectivity index (χ1n) is 7.57. The summed E-state index contributed by atoms with van der Waals surface area (Å²) in [7, 11) is 0. The second-order valence-electron chi connectivity index (χ2n) is 6.19. The minimum Gasteiger partial charge on any atom is -0.346 e. The standard InChI is InChI=1S/C17H17N3O3/c1-17(2)14-13(4-3-5-19-14)20(16(17)21)12-8-11(9-18-10-12)15-22-6-7-23-15/h3-5,8-10,15H,6-7H2,1-2H3. The lowest BCUT2D eigenvalue weighted by molar-refractivity contribution is -0.121. The minimum absolute atomic E-state index is 0.0154. The number of amides is 1. The predicted molar refractivity (Wildman–Crippen MR) is 83.3 cm³/mol. The molecule has 1 amide bonds. The van der Waals surface area contributed by atoms with Crippen molar-refractivity contribution in [2.24, 2.45) is 0 Å². The molecule has 2 aliphatic heterocycles. The fourth-order valence-corrected chi connectivity index (χ4v) is 3.05. The van der Waals surface area contributed by atoms with E-state index in [0.717, 1.165) is 16.9 Å². The molecule has 4 rings (SSSR count). The van der Waals surface area contributed by atoms with Gasteiger partial charge in [-0.15, -0.1) is 0 Å². The summed E-state index contributed by atoms with van der Waals surface area (Å²) in [5.41, 5.74) is 2.43. The number of pyridine rings is 2. The largest absolute Gasteiger partial charge is 0.346 e. The topological polar surface area (TPSA) is 64.6 Å². The van der Waals surface area contributed by atoms with E-state index in [1.54, 1.807) is 23.5 Å². The van der Waals surface area contributed by atoms with Crippen LogP contribution >= 0.6 is 0 Å². The van der Waals surface area contributed by atoms with E-state index >= 15 is 0 Å². The van der Waals surface area contributed by atoms with E-state index in [2.05, 4.69) is 9.97 Å². The van der Waals surface area contributed by atoms with Gasteiger partial charge in [0.05, 0.1) is 41.9 Å². The maximum absolute atomic E-state index is 12.9. The number of hydrogen-bond acceptors (Lipinski definition) is 5. The molecule has 2 aliphatic rings. The Morgan fingerprint density at radius 2 is 2.04 bits per heavy atom. The molecular weight excluding hydrogens is 294 g/mol. The van der Waals surface area contributed by atoms with Crippen LogP contribution < -0.4 is 4.90 Å². The zero-order valence-corrected chi connectivity index (χ0v) is 13.0. The van der Waals surface area contributed by atoms with Crippen LogP contribution in [0.1, 0.15) is 31.4 Å². The van der Waals surface area contributed by atoms with E-state index in [0.29, 0.717) is 18.9 Å². The average Bonchev–Trinajstić information content (AvgIpc) is 3.16. The Morgan fingerprint density at radius 1 is 1.26 bits per heavy atom. The molecule has 1 fully saturated rings. The Kier molecular flexibility index (Phi) is 3.18. The molecule has 0 saturated carbocycles. The van der Waals surface area contributed by atoms with Crippen molar-refractivity contribution in [1.29, 1.82) is 0 Å². The van der Waals surface area contributed by atoms with Crippen LogP contribution in [0.15, 0.2) is 36.8 Å². The van der Waals surface area contributed by atoms with Gasteiger partial charge in [0, 0.05) is 18.0 Å². The lowest BCUT2D eigenvalue weighted by atomic mass is 9.90. The van der Waals surface area contributed by atoms with Gasteiger partial charge < -0.3 is 9.47 Å². The van der Waals surface area contributed by atoms with Crippen LogP contribution in [0.3, 0.4) is 0 Å². The molecule has 4 heterocycles. The van der Waals surface area contributed by atoms with E-state index in [1.165, 1.54) is 0 Å². The van der Waals surface area contributed by atoms with Crippen molar-refractivity contribution in [1.82, 2.24) is 9.97 Å². The molecule has 23 heavy (non-hydrogen) atoms. The Hall–Kier alpha value is -2.31. The summed E-state index contributed by atoms with van der Waals surface area (Å²) >= 11 is 0. The number of aromatic nitrogens is 2. The van der Waals surface area contributed by atoms with Crippen LogP contribution in [0.5, 0.6) is 0 Å². The number of hydrogen-bond donors (Lipinski definition) is 0. The maximum atomic E-state index is 12.9. The highest BCUT2D eigenvalue weighted by Gasteiger charge is 2.46. The smallest absolute Gasteiger partial charge is 0.243 e. The molecule has 6 heteroatoms. The highest BCUT2D eigenvalue weighted by molar-refractivity contribution is 6.11. The zero-order valence-electron chi connectivity index (χ0n) is 13.0. The first kappa shape index (κ1) is 14.3. The van der Waals surface area contributed by atoms with Crippen LogP contribution in [0.2, 0.25) is 0 Å². The summed E-state index contributed by atoms with van der Waals surface area (Å²) in [6.45, 7) is 4.91. The van der Waals surface area contributed by atoms with Crippen LogP contribution in [0, 0.1) is 0 Å². The summed E-state index contributed by atoms with van der Waals surface area (Å²) in [6.07, 6.45) is 4.68. The second-order valence-corrected chi connectivity index (χ2v) is 6.19. The van der Waals surface area contributed by atoms with Crippen molar-refractivity contribution >= 4 is 17.3 Å². The van der Waals surface area contributed by atoms with Crippen molar-refractivity contribution in [2.45, 2.75) is 25.6 Å². The van der Waals surface area contributed by atoms with Gasteiger partial charge in [0.15, 0.2) is 6.29 Å². The molecular formula is C17H17N3O3. The molecule has 0 N–H and O–H groups in total. The van der Waals surface area contributed by atoms with Gasteiger partial charge in [0.1, 0.15) is 0 Å². The van der Waals surface area contributed by atoms with E-state index in [9.17, 15) is 4.79 Å². The summed E-state index contributed by atoms with van der Waals surface area (Å²) in [5.74, 6) is -0.0154. The van der Waals surface area contributed by atoms with Crippen LogP contribution in [0.4, 0.5) is 11.4 Å². The summed E-state index contributed by atoms with van der Waals surface area (Å²) in [4.78, 5) is 23.2. The number of nitrogens with zero attached hydrogens (tertiary/aromatic N) is 3. The fraction of sp³-hybridized carbons (Fsp3) is 0.353. The van der Waals surface area contributed by atoms with Crippen molar-refractivity contribution < 1.29 is 14.3 Å². The molecule has 6 nitrogen and oxygen atoms in total. The van der Waals surface area contributed by atoms with Gasteiger partial charge >= 0.3 is 0 Å². The zero-order chi connectivity index (χ0) is 16.0. The number of rotatable bonds is 2. The molecule has 2 aromatic rings. The minimum atomic E-state index is -0.660. The first-order chi connectivity index (χ1) is 11.1. The van der Waals surface area contributed by atoms with Crippen molar-refractivity contribution in [3.05, 3.63) is 48.0 Å². The molecule has 118 valence electrons. The SMILES string of the molecule is CC1(C)C(=O)N(c2cncc(C3OCCO3)c2)c2cccnc21. The predicted octanol–water partition coefficient (Wildman–Crippen LogP) is 2.48. The molecule has 0 atom stereocenters. The summed E-state index contributed by atoms with van der Waals surface area (Å²) < 4.78 is 11.0. The molecule has 0 bridgehead atoms. The van der Waals surface area contributed by atoms with Gasteiger partial charge in [-0.1, -0.05) is 0 Å². The van der Waals surface area contributed by atoms with Crippen molar-refractivity contribution in [2.75, 3.05) is 18.1 Å². The number of carbonyl (C=O) groups excluding carboxylic acids is 1. The van der Waals surface area contributed by atoms with E-state index in [1.807, 2.05) is 32.0 Å². The molecule has 0 aliphatic carbocycles. The Morgan fingerprint density at radius 3 is 2.83 bits per heavy atom. The quantitative estimate of drug-likeness (QED) is 0.852. The molecule has 0 unspecified atom stereocenters. The van der Waals surface area contributed by atoms with E-state index in [-0.39, 0.29) is 5.91 Å². The third-order valence-electron chi connectivity index (χ3n) is 4.25. The van der Waals surface area contributed by atoms with E-state index < -0.39 is 11.7 Å². The molecule has 1 saturated heterocycles. The van der Waals surface area contributed by atoms with Crippen LogP contribution in [0.25, 0.3) is 0 Å². The number of ether oxygens (including phenoxy) is 2. The molecule has 0 aromatic carbocycles. The Bertz CT molecular complexity index is 769.